The van der Waals surface area contributed by atoms with E-state index in [1.54, 1.807) is 16.9 Å². The predicted molar refractivity (Wildman–Crippen MR) is 116 cm³/mol. The lowest BCUT2D eigenvalue weighted by molar-refractivity contribution is 0.555. The normalized spacial score (nSPS) is 11.5. The minimum atomic E-state index is -4.62. The molecule has 0 aliphatic heterocycles. The van der Waals surface area contributed by atoms with Gasteiger partial charge in [0.15, 0.2) is 5.82 Å². The van der Waals surface area contributed by atoms with Gasteiger partial charge in [0.1, 0.15) is 22.2 Å². The van der Waals surface area contributed by atoms with Crippen LogP contribution >= 0.6 is 0 Å². The van der Waals surface area contributed by atoms with Crippen molar-refractivity contribution >= 4 is 21.7 Å². The highest BCUT2D eigenvalue weighted by Gasteiger charge is 2.24. The number of nitrogens with one attached hydrogen (secondary N) is 1. The first-order valence-electron chi connectivity index (χ1n) is 9.62. The Labute approximate surface area is 187 Å². The summed E-state index contributed by atoms with van der Waals surface area (Å²) in [6, 6.07) is 7.52. The molecule has 4 aromatic rings. The second kappa shape index (κ2) is 8.54. The smallest absolute Gasteiger partial charge is 0.265 e. The molecule has 0 amide bonds. The van der Waals surface area contributed by atoms with E-state index in [-0.39, 0.29) is 17.2 Å². The second-order valence-electron chi connectivity index (χ2n) is 6.89. The van der Waals surface area contributed by atoms with Gasteiger partial charge >= 0.3 is 0 Å². The third-order valence-corrected chi connectivity index (χ3v) is 6.10. The van der Waals surface area contributed by atoms with Crippen LogP contribution in [0.4, 0.5) is 24.8 Å². The first-order chi connectivity index (χ1) is 15.7. The minimum Gasteiger partial charge on any atom is -0.368 e. The van der Waals surface area contributed by atoms with Crippen LogP contribution in [0.1, 0.15) is 6.92 Å². The van der Waals surface area contributed by atoms with E-state index in [2.05, 4.69) is 15.1 Å². The Morgan fingerprint density at radius 1 is 1.09 bits per heavy atom. The Kier molecular flexibility index (Phi) is 5.77. The summed E-state index contributed by atoms with van der Waals surface area (Å²) in [6.45, 7) is 2.31. The van der Waals surface area contributed by atoms with Crippen LogP contribution in [0.5, 0.6) is 0 Å². The first-order valence-corrected chi connectivity index (χ1v) is 11.1. The van der Waals surface area contributed by atoms with Gasteiger partial charge in [-0.05, 0) is 43.3 Å². The zero-order chi connectivity index (χ0) is 23.8. The van der Waals surface area contributed by atoms with Crippen LogP contribution in [0, 0.1) is 17.5 Å². The lowest BCUT2D eigenvalue weighted by atomic mass is 10.0. The van der Waals surface area contributed by atoms with Crippen molar-refractivity contribution in [3.05, 3.63) is 72.3 Å². The molecule has 8 nitrogen and oxygen atoms in total. The number of hydrogen-bond donors (Lipinski definition) is 2. The number of anilines is 2. The molecule has 0 radical (unpaired) electrons. The lowest BCUT2D eigenvalue weighted by Crippen LogP contribution is -2.16. The average molecular weight is 474 g/mol. The fourth-order valence-corrected chi connectivity index (χ4v) is 4.32. The number of rotatable bonds is 6. The van der Waals surface area contributed by atoms with Gasteiger partial charge in [0.2, 0.25) is 5.95 Å². The van der Waals surface area contributed by atoms with Crippen LogP contribution in [0.3, 0.4) is 0 Å². The van der Waals surface area contributed by atoms with Crippen LogP contribution < -0.4 is 10.5 Å². The van der Waals surface area contributed by atoms with Crippen LogP contribution in [-0.4, -0.2) is 28.2 Å². The number of hydrogen-bond acceptors (Lipinski definition) is 6. The Bertz CT molecular complexity index is 1460. The molecule has 2 heterocycles. The lowest BCUT2D eigenvalue weighted by Gasteiger charge is -2.12. The summed E-state index contributed by atoms with van der Waals surface area (Å²) in [4.78, 5) is 7.04. The number of aromatic nitrogens is 4. The number of nitrogens with zero attached hydrogens (tertiary/aromatic N) is 4. The van der Waals surface area contributed by atoms with E-state index in [0.717, 1.165) is 12.1 Å². The van der Waals surface area contributed by atoms with Crippen molar-refractivity contribution in [3.8, 4) is 22.5 Å². The second-order valence-corrected chi connectivity index (χ2v) is 8.55. The van der Waals surface area contributed by atoms with Gasteiger partial charge in [-0.3, -0.25) is 9.40 Å². The van der Waals surface area contributed by atoms with Crippen LogP contribution in [0.25, 0.3) is 22.5 Å². The van der Waals surface area contributed by atoms with Gasteiger partial charge in [-0.2, -0.15) is 5.10 Å². The molecule has 4 rings (SSSR count). The summed E-state index contributed by atoms with van der Waals surface area (Å²) in [5, 5.41) is 4.38. The molecule has 0 saturated heterocycles. The third kappa shape index (κ3) is 4.37. The quantitative estimate of drug-likeness (QED) is 0.439. The summed E-state index contributed by atoms with van der Waals surface area (Å²) in [6.07, 6.45) is 3.09. The Hall–Kier alpha value is -3.93. The van der Waals surface area contributed by atoms with Crippen molar-refractivity contribution in [3.63, 3.8) is 0 Å². The van der Waals surface area contributed by atoms with Crippen molar-refractivity contribution in [1.82, 2.24) is 19.7 Å². The molecule has 0 unspecified atom stereocenters. The summed E-state index contributed by atoms with van der Waals surface area (Å²) in [5.74, 6) is -3.07. The molecule has 0 fully saturated rings. The molecular formula is C21H17F3N6O2S. The van der Waals surface area contributed by atoms with E-state index in [1.807, 2.05) is 11.6 Å². The van der Waals surface area contributed by atoms with Gasteiger partial charge in [0.05, 0.1) is 11.4 Å². The molecular weight excluding hydrogens is 457 g/mol. The number of benzene rings is 2. The largest absolute Gasteiger partial charge is 0.368 e. The zero-order valence-electron chi connectivity index (χ0n) is 17.1. The monoisotopic (exact) mass is 474 g/mol. The summed E-state index contributed by atoms with van der Waals surface area (Å²) in [5.41, 5.74) is 6.20. The van der Waals surface area contributed by atoms with Crippen LogP contribution in [-0.2, 0) is 16.6 Å². The Morgan fingerprint density at radius 2 is 1.88 bits per heavy atom. The van der Waals surface area contributed by atoms with Gasteiger partial charge in [0.25, 0.3) is 10.0 Å². The predicted octanol–water partition coefficient (Wildman–Crippen LogP) is 3.83. The van der Waals surface area contributed by atoms with Crippen molar-refractivity contribution < 1.29 is 21.6 Å². The molecule has 0 saturated carbocycles. The summed E-state index contributed by atoms with van der Waals surface area (Å²) < 4.78 is 71.7. The van der Waals surface area contributed by atoms with Crippen LogP contribution in [0.15, 0.2) is 59.8 Å². The van der Waals surface area contributed by atoms with E-state index in [9.17, 15) is 17.2 Å². The SMILES string of the molecule is CCn1cc(-c2ccnc(N)n2)c(-c2cccc(NS(=O)(=O)c3cc(F)ccc3F)c2F)n1. The van der Waals surface area contributed by atoms with Gasteiger partial charge < -0.3 is 5.73 Å². The Balaban J connectivity index is 1.80. The van der Waals surface area contributed by atoms with Crippen LogP contribution in [0.2, 0.25) is 0 Å². The topological polar surface area (TPSA) is 116 Å². The number of nitrogens with two attached hydrogens (primary N) is 1. The Morgan fingerprint density at radius 3 is 2.61 bits per heavy atom. The van der Waals surface area contributed by atoms with Crippen molar-refractivity contribution in [2.75, 3.05) is 10.5 Å². The van der Waals surface area contributed by atoms with Crippen molar-refractivity contribution in [2.45, 2.75) is 18.4 Å². The molecule has 170 valence electrons. The molecule has 12 heteroatoms. The molecule has 2 aromatic heterocycles. The van der Waals surface area contributed by atoms with E-state index in [1.165, 1.54) is 18.3 Å². The number of nitrogen functional groups attached to an aromatic ring is 1. The zero-order valence-corrected chi connectivity index (χ0v) is 17.9. The van der Waals surface area contributed by atoms with Gasteiger partial charge in [-0.25, -0.2) is 31.6 Å². The highest BCUT2D eigenvalue weighted by molar-refractivity contribution is 7.92. The fourth-order valence-electron chi connectivity index (χ4n) is 3.17. The number of halogens is 3. The molecule has 0 aliphatic carbocycles. The van der Waals surface area contributed by atoms with Gasteiger partial charge in [0, 0.05) is 30.1 Å². The molecule has 0 bridgehead atoms. The highest BCUT2D eigenvalue weighted by Crippen LogP contribution is 2.34. The van der Waals surface area contributed by atoms with E-state index in [0.29, 0.717) is 29.9 Å². The highest BCUT2D eigenvalue weighted by atomic mass is 32.2. The van der Waals surface area contributed by atoms with E-state index < -0.39 is 38.1 Å². The summed E-state index contributed by atoms with van der Waals surface area (Å²) in [7, 11) is -4.62. The maximum absolute atomic E-state index is 15.5. The van der Waals surface area contributed by atoms with Crippen molar-refractivity contribution in [2.24, 2.45) is 0 Å². The first kappa shape index (κ1) is 22.3. The fraction of sp³-hybridized carbons (Fsp3) is 0.0952. The molecule has 0 spiro atoms. The van der Waals surface area contributed by atoms with E-state index >= 15 is 4.39 Å². The molecule has 3 N–H and O–H groups in total. The van der Waals surface area contributed by atoms with E-state index in [4.69, 9.17) is 5.73 Å². The summed E-state index contributed by atoms with van der Waals surface area (Å²) >= 11 is 0. The standard InChI is InChI=1S/C21H17F3N6O2S/c1-2-30-11-14(16-8-9-26-21(25)27-16)20(28-30)13-4-3-5-17(19(13)24)29-33(31,32)18-10-12(22)6-7-15(18)23/h3-11,29H,2H2,1H3,(H2,25,26,27). The molecule has 33 heavy (non-hydrogen) atoms. The number of sulfonamides is 1. The molecule has 0 aliphatic rings. The maximum Gasteiger partial charge on any atom is 0.265 e. The molecule has 0 atom stereocenters. The number of aryl methyl sites for hydroxylation is 1. The maximum atomic E-state index is 15.5. The van der Waals surface area contributed by atoms with Crippen molar-refractivity contribution in [1.29, 1.82) is 0 Å². The molecule has 2 aromatic carbocycles. The minimum absolute atomic E-state index is 0.0156. The average Bonchev–Trinajstić information content (AvgIpc) is 3.21. The third-order valence-electron chi connectivity index (χ3n) is 4.72. The van der Waals surface area contributed by atoms with Gasteiger partial charge in [-0.15, -0.1) is 0 Å². The van der Waals surface area contributed by atoms with Gasteiger partial charge in [-0.1, -0.05) is 6.07 Å².